The zero-order valence-electron chi connectivity index (χ0n) is 50.3. The minimum atomic E-state index is -1.59. The van der Waals surface area contributed by atoms with Gasteiger partial charge in [-0.15, -0.1) is 0 Å². The van der Waals surface area contributed by atoms with Crippen LogP contribution in [-0.2, 0) is 60.8 Å². The van der Waals surface area contributed by atoms with Gasteiger partial charge in [-0.05, 0) is 81.6 Å². The van der Waals surface area contributed by atoms with E-state index in [0.717, 1.165) is 15.8 Å². The molecule has 9 atom stereocenters. The number of hydrogen-bond acceptors (Lipinski definition) is 12. The fourth-order valence-electron chi connectivity index (χ4n) is 10.2. The predicted molar refractivity (Wildman–Crippen MR) is 311 cm³/mol. The van der Waals surface area contributed by atoms with Crippen molar-refractivity contribution in [3.63, 3.8) is 0 Å². The summed E-state index contributed by atoms with van der Waals surface area (Å²) in [6.07, 6.45) is 1.92. The quantitative estimate of drug-likeness (QED) is 0.111. The molecule has 0 radical (unpaired) electrons. The van der Waals surface area contributed by atoms with Crippen LogP contribution in [0, 0.1) is 17.8 Å². The van der Waals surface area contributed by atoms with Gasteiger partial charge in [-0.2, -0.15) is 0 Å². The van der Waals surface area contributed by atoms with Gasteiger partial charge in [0.1, 0.15) is 54.4 Å². The Hall–Kier alpha value is -7.40. The summed E-state index contributed by atoms with van der Waals surface area (Å²) in [5, 5.41) is 28.6. The van der Waals surface area contributed by atoms with Crippen LogP contribution < -0.4 is 31.9 Å². The molecule has 10 amide bonds. The van der Waals surface area contributed by atoms with Crippen molar-refractivity contribution in [3.05, 3.63) is 71.9 Å². The number of H-pyrrole nitrogens is 1. The second kappa shape index (κ2) is 31.1. The highest BCUT2D eigenvalue weighted by Gasteiger charge is 2.41. The summed E-state index contributed by atoms with van der Waals surface area (Å²) in [5.41, 5.74) is 2.12. The Kier molecular flexibility index (Phi) is 25.5. The van der Waals surface area contributed by atoms with Gasteiger partial charge in [0.05, 0.1) is 6.61 Å². The summed E-state index contributed by atoms with van der Waals surface area (Å²) >= 11 is 0. The fourth-order valence-corrected chi connectivity index (χ4v) is 10.2. The lowest BCUT2D eigenvalue weighted by Crippen LogP contribution is -2.62. The number of likely N-dealkylation sites (N-methyl/N-ethyl adjacent to an activating group) is 5. The third-order valence-corrected chi connectivity index (χ3v) is 15.4. The standard InChI is InChI=1S/C59H90N12O11/c1-34(2)29-44-58(81)70(13)47(33-72)54(77)64-43(25-20-27-60-9)57(80)69(12)46(31-40-32-62-42-24-19-18-23-41(40)42)53(76)66-49(35(3)4)59(82)67(10)38(8)51(74)61-28-26-48(73)71(14)50(36(5)6)55(78)63-37(7)56(79)68(11)45(52(75)65-44)30-39-21-16-15-17-22-39/h15-19,21-24,32,34-38,43-47,49-50,60,62,72H,20,25-31,33H2,1-14H3,(H,61,74)(H,63,78)(H,64,77)(H,65,75)(H,66,76). The van der Waals surface area contributed by atoms with Crippen LogP contribution in [-0.4, -0.2) is 210 Å². The van der Waals surface area contributed by atoms with Crippen molar-refractivity contribution in [2.75, 3.05) is 62.0 Å². The molecule has 3 aromatic rings. The van der Waals surface area contributed by atoms with Crippen molar-refractivity contribution in [2.24, 2.45) is 17.8 Å². The second-order valence-corrected chi connectivity index (χ2v) is 22.6. The van der Waals surface area contributed by atoms with Crippen LogP contribution in [0.4, 0.5) is 0 Å². The molecule has 1 saturated heterocycles. The summed E-state index contributed by atoms with van der Waals surface area (Å²) in [6, 6.07) is 4.96. The minimum absolute atomic E-state index is 0.0104. The number of nitrogens with one attached hydrogen (secondary N) is 7. The molecule has 1 fully saturated rings. The number of aromatic amines is 1. The van der Waals surface area contributed by atoms with Crippen LogP contribution >= 0.6 is 0 Å². The van der Waals surface area contributed by atoms with Crippen LogP contribution in [0.15, 0.2) is 60.8 Å². The highest BCUT2D eigenvalue weighted by atomic mass is 16.3. The molecule has 2 heterocycles. The third kappa shape index (κ3) is 17.6. The predicted octanol–water partition coefficient (Wildman–Crippen LogP) is 0.937. The van der Waals surface area contributed by atoms with E-state index in [-0.39, 0.29) is 44.6 Å². The maximum Gasteiger partial charge on any atom is 0.245 e. The van der Waals surface area contributed by atoms with Gasteiger partial charge in [-0.25, -0.2) is 0 Å². The number of aliphatic hydroxyl groups is 1. The van der Waals surface area contributed by atoms with E-state index in [4.69, 9.17) is 0 Å². The van der Waals surface area contributed by atoms with Crippen LogP contribution in [0.1, 0.15) is 92.2 Å². The fraction of sp³-hybridized carbons (Fsp3) is 0.593. The van der Waals surface area contributed by atoms with Gasteiger partial charge < -0.3 is 66.5 Å². The molecule has 1 aromatic heterocycles. The third-order valence-electron chi connectivity index (χ3n) is 15.4. The molecule has 8 N–H and O–H groups in total. The lowest BCUT2D eigenvalue weighted by molar-refractivity contribution is -0.147. The molecule has 2 aromatic carbocycles. The second-order valence-electron chi connectivity index (χ2n) is 22.6. The van der Waals surface area contributed by atoms with Crippen molar-refractivity contribution < 1.29 is 53.1 Å². The molecule has 0 bridgehead atoms. The normalized spacial score (nSPS) is 24.9. The van der Waals surface area contributed by atoms with Gasteiger partial charge in [-0.3, -0.25) is 47.9 Å². The van der Waals surface area contributed by atoms with E-state index < -0.39 is 132 Å². The number of carbonyl (C=O) groups is 10. The lowest BCUT2D eigenvalue weighted by atomic mass is 9.98. The summed E-state index contributed by atoms with van der Waals surface area (Å²) in [4.78, 5) is 153. The van der Waals surface area contributed by atoms with E-state index in [1.165, 1.54) is 68.7 Å². The van der Waals surface area contributed by atoms with Gasteiger partial charge in [0.2, 0.25) is 59.1 Å². The Morgan fingerprint density at radius 3 is 1.77 bits per heavy atom. The number of fused-ring (bicyclic) bond motifs is 1. The number of nitrogens with zero attached hydrogens (tertiary/aromatic N) is 5. The van der Waals surface area contributed by atoms with Gasteiger partial charge in [0, 0.05) is 78.1 Å². The van der Waals surface area contributed by atoms with E-state index >= 15 is 4.79 Å². The summed E-state index contributed by atoms with van der Waals surface area (Å²) in [6.45, 7) is 12.9. The average Bonchev–Trinajstić information content (AvgIpc) is 3.94. The Morgan fingerprint density at radius 2 is 1.16 bits per heavy atom. The topological polar surface area (TPSA) is 295 Å². The van der Waals surface area contributed by atoms with Crippen LogP contribution in [0.5, 0.6) is 0 Å². The van der Waals surface area contributed by atoms with Crippen LogP contribution in [0.2, 0.25) is 0 Å². The number of para-hydroxylation sites is 1. The number of hydrogen-bond donors (Lipinski definition) is 8. The van der Waals surface area contributed by atoms with E-state index in [1.54, 1.807) is 71.3 Å². The molecule has 0 aliphatic carbocycles. The maximum absolute atomic E-state index is 15.0. The molecular weight excluding hydrogens is 1050 g/mol. The van der Waals surface area contributed by atoms with E-state index in [2.05, 4.69) is 36.9 Å². The average molecular weight is 1140 g/mol. The SMILES string of the molecule is CNCCCC1NC(=O)C(CO)N(C)C(=O)C(CC(C)C)NC(=O)C(Cc2ccccc2)N(C)C(=O)C(C)NC(=O)C(C(C)C)N(C)C(=O)CCNC(=O)C(C)N(C)C(=O)C(C(C)C)NC(=O)C(Cc2c[nH]c3ccccc23)N(C)C1=O. The van der Waals surface area contributed by atoms with E-state index in [1.807, 2.05) is 38.1 Å². The van der Waals surface area contributed by atoms with Gasteiger partial charge in [0.25, 0.3) is 0 Å². The Bertz CT molecular complexity index is 2700. The highest BCUT2D eigenvalue weighted by Crippen LogP contribution is 2.23. The van der Waals surface area contributed by atoms with Gasteiger partial charge >= 0.3 is 0 Å². The van der Waals surface area contributed by atoms with Gasteiger partial charge in [0.15, 0.2) is 0 Å². The number of carbonyl (C=O) groups excluding carboxylic acids is 10. The summed E-state index contributed by atoms with van der Waals surface area (Å²) in [5.74, 6) is -7.99. The molecular formula is C59H90N12O11. The zero-order valence-corrected chi connectivity index (χ0v) is 50.3. The molecule has 1 aliphatic rings. The highest BCUT2D eigenvalue weighted by molar-refractivity contribution is 5.99. The first-order valence-electron chi connectivity index (χ1n) is 28.3. The first-order chi connectivity index (χ1) is 38.7. The number of amides is 10. The van der Waals surface area contributed by atoms with Crippen molar-refractivity contribution in [2.45, 2.75) is 148 Å². The van der Waals surface area contributed by atoms with Crippen molar-refractivity contribution >= 4 is 70.0 Å². The molecule has 1 aliphatic heterocycles. The molecule has 4 rings (SSSR count). The van der Waals surface area contributed by atoms with E-state index in [0.29, 0.717) is 24.1 Å². The Labute approximate surface area is 482 Å². The molecule has 23 heteroatoms. The first kappa shape index (κ1) is 67.1. The Morgan fingerprint density at radius 1 is 0.598 bits per heavy atom. The maximum atomic E-state index is 15.0. The lowest BCUT2D eigenvalue weighted by Gasteiger charge is -2.35. The number of aromatic nitrogens is 1. The van der Waals surface area contributed by atoms with Crippen molar-refractivity contribution in [3.8, 4) is 0 Å². The smallest absolute Gasteiger partial charge is 0.245 e. The molecule has 23 nitrogen and oxygen atoms in total. The van der Waals surface area contributed by atoms with Gasteiger partial charge in [-0.1, -0.05) is 90.1 Å². The molecule has 452 valence electrons. The van der Waals surface area contributed by atoms with Crippen molar-refractivity contribution in [1.82, 2.24) is 61.4 Å². The minimum Gasteiger partial charge on any atom is -0.394 e. The number of aliphatic hydroxyl groups excluding tert-OH is 1. The Balaban J connectivity index is 1.84. The molecule has 9 unspecified atom stereocenters. The molecule has 82 heavy (non-hydrogen) atoms. The summed E-state index contributed by atoms with van der Waals surface area (Å²) in [7, 11) is 8.70. The van der Waals surface area contributed by atoms with Crippen molar-refractivity contribution in [1.29, 1.82) is 0 Å². The molecule has 0 spiro atoms. The number of rotatable bonds is 13. The largest absolute Gasteiger partial charge is 0.394 e. The van der Waals surface area contributed by atoms with Crippen LogP contribution in [0.3, 0.4) is 0 Å². The van der Waals surface area contributed by atoms with E-state index in [9.17, 15) is 48.3 Å². The summed E-state index contributed by atoms with van der Waals surface area (Å²) < 4.78 is 0. The zero-order chi connectivity index (χ0) is 61.3. The monoisotopic (exact) mass is 1140 g/mol. The first-order valence-corrected chi connectivity index (χ1v) is 28.3. The molecule has 0 saturated carbocycles. The number of benzene rings is 2. The van der Waals surface area contributed by atoms with Crippen LogP contribution in [0.25, 0.3) is 10.9 Å².